The van der Waals surface area contributed by atoms with Crippen LogP contribution in [0.2, 0.25) is 0 Å². The van der Waals surface area contributed by atoms with Gasteiger partial charge in [0.1, 0.15) is 5.69 Å². The van der Waals surface area contributed by atoms with Crippen LogP contribution in [0.4, 0.5) is 21.9 Å². The highest BCUT2D eigenvalue weighted by molar-refractivity contribution is 7.89. The van der Waals surface area contributed by atoms with E-state index in [2.05, 4.69) is 0 Å². The molecule has 10 heteroatoms. The van der Waals surface area contributed by atoms with E-state index in [1.807, 2.05) is 19.1 Å². The first-order valence-electron chi connectivity index (χ1n) is 7.41. The zero-order chi connectivity index (χ0) is 19.6. The first kappa shape index (κ1) is 19.3. The average molecular weight is 378 g/mol. The molecule has 0 unspecified atom stereocenters. The Balaban J connectivity index is 2.41. The summed E-state index contributed by atoms with van der Waals surface area (Å²) in [6, 6.07) is 9.77. The minimum Gasteiger partial charge on any atom is -0.297 e. The molecule has 0 spiro atoms. The highest BCUT2D eigenvalue weighted by Crippen LogP contribution is 2.31. The zero-order valence-corrected chi connectivity index (χ0v) is 15.2. The molecule has 2 aromatic carbocycles. The predicted octanol–water partition coefficient (Wildman–Crippen LogP) is 2.24. The Labute approximate surface area is 150 Å². The Morgan fingerprint density at radius 3 is 2.15 bits per heavy atom. The third kappa shape index (κ3) is 3.98. The number of nitro benzene ring substituents is 1. The first-order chi connectivity index (χ1) is 12.0. The molecular formula is C16H18N4O5S. The van der Waals surface area contributed by atoms with Crippen molar-refractivity contribution in [3.05, 3.63) is 58.1 Å². The number of primary sulfonamides is 1. The fourth-order valence-electron chi connectivity index (χ4n) is 2.32. The monoisotopic (exact) mass is 378 g/mol. The minimum atomic E-state index is -4.10. The largest absolute Gasteiger partial charge is 0.328 e. The Hall–Kier alpha value is -2.98. The van der Waals surface area contributed by atoms with Crippen LogP contribution in [0.3, 0.4) is 0 Å². The van der Waals surface area contributed by atoms with Gasteiger partial charge in [-0.05, 0) is 31.2 Å². The molecule has 2 N–H and O–H groups in total. The van der Waals surface area contributed by atoms with E-state index in [-0.39, 0.29) is 5.69 Å². The molecule has 138 valence electrons. The maximum Gasteiger partial charge on any atom is 0.328 e. The van der Waals surface area contributed by atoms with E-state index >= 15 is 0 Å². The maximum absolute atomic E-state index is 12.7. The van der Waals surface area contributed by atoms with Gasteiger partial charge in [0.15, 0.2) is 0 Å². The van der Waals surface area contributed by atoms with Gasteiger partial charge in [0.05, 0.1) is 9.82 Å². The highest BCUT2D eigenvalue weighted by Gasteiger charge is 2.26. The van der Waals surface area contributed by atoms with E-state index in [0.717, 1.165) is 22.6 Å². The van der Waals surface area contributed by atoms with E-state index in [9.17, 15) is 23.3 Å². The van der Waals surface area contributed by atoms with Crippen LogP contribution < -0.4 is 14.9 Å². The minimum absolute atomic E-state index is 0.0497. The summed E-state index contributed by atoms with van der Waals surface area (Å²) in [5.41, 5.74) is 1.05. The van der Waals surface area contributed by atoms with Crippen molar-refractivity contribution in [2.75, 3.05) is 23.9 Å². The number of hydrogen-bond donors (Lipinski definition) is 1. The lowest BCUT2D eigenvalue weighted by Crippen LogP contribution is -2.39. The van der Waals surface area contributed by atoms with Crippen LogP contribution in [0.25, 0.3) is 0 Å². The average Bonchev–Trinajstić information content (AvgIpc) is 2.59. The Morgan fingerprint density at radius 2 is 1.65 bits per heavy atom. The Kier molecular flexibility index (Phi) is 5.28. The third-order valence-corrected chi connectivity index (χ3v) is 4.74. The molecule has 2 rings (SSSR count). The van der Waals surface area contributed by atoms with Gasteiger partial charge in [0, 0.05) is 25.8 Å². The summed E-state index contributed by atoms with van der Waals surface area (Å²) in [5.74, 6) is 0. The van der Waals surface area contributed by atoms with Crippen molar-refractivity contribution in [3.8, 4) is 0 Å². The molecular weight excluding hydrogens is 360 g/mol. The highest BCUT2D eigenvalue weighted by atomic mass is 32.2. The number of nitrogens with zero attached hydrogens (tertiary/aromatic N) is 3. The van der Waals surface area contributed by atoms with Gasteiger partial charge in [0.25, 0.3) is 5.69 Å². The molecule has 2 aromatic rings. The molecule has 0 aliphatic rings. The molecule has 26 heavy (non-hydrogen) atoms. The number of anilines is 2. The molecule has 0 saturated carbocycles. The molecule has 2 amide bonds. The van der Waals surface area contributed by atoms with E-state index in [0.29, 0.717) is 5.69 Å². The molecule has 0 radical (unpaired) electrons. The van der Waals surface area contributed by atoms with Gasteiger partial charge in [-0.2, -0.15) is 0 Å². The lowest BCUT2D eigenvalue weighted by Gasteiger charge is -2.25. The smallest absolute Gasteiger partial charge is 0.297 e. The number of aryl methyl sites for hydroxylation is 1. The lowest BCUT2D eigenvalue weighted by molar-refractivity contribution is -0.384. The fourth-order valence-corrected chi connectivity index (χ4v) is 2.85. The van der Waals surface area contributed by atoms with Crippen molar-refractivity contribution in [2.45, 2.75) is 11.8 Å². The third-order valence-electron chi connectivity index (χ3n) is 3.83. The summed E-state index contributed by atoms with van der Waals surface area (Å²) < 4.78 is 22.8. The van der Waals surface area contributed by atoms with E-state index in [1.165, 1.54) is 25.1 Å². The number of amides is 2. The Bertz CT molecular complexity index is 957. The van der Waals surface area contributed by atoms with Crippen LogP contribution in [0.5, 0.6) is 0 Å². The molecule has 0 fully saturated rings. The van der Waals surface area contributed by atoms with Crippen molar-refractivity contribution < 1.29 is 18.1 Å². The summed E-state index contributed by atoms with van der Waals surface area (Å²) in [7, 11) is -1.20. The summed E-state index contributed by atoms with van der Waals surface area (Å²) in [6.45, 7) is 1.91. The molecule has 0 aliphatic heterocycles. The zero-order valence-electron chi connectivity index (χ0n) is 14.4. The van der Waals surface area contributed by atoms with Crippen LogP contribution in [-0.2, 0) is 10.0 Å². The quantitative estimate of drug-likeness (QED) is 0.645. The van der Waals surface area contributed by atoms with Crippen LogP contribution in [0, 0.1) is 17.0 Å². The predicted molar refractivity (Wildman–Crippen MR) is 97.9 cm³/mol. The van der Waals surface area contributed by atoms with Gasteiger partial charge in [0.2, 0.25) is 10.0 Å². The molecule has 0 heterocycles. The second-order valence-corrected chi connectivity index (χ2v) is 7.25. The van der Waals surface area contributed by atoms with Gasteiger partial charge in [-0.25, -0.2) is 18.4 Å². The summed E-state index contributed by atoms with van der Waals surface area (Å²) in [5, 5.41) is 16.3. The van der Waals surface area contributed by atoms with Crippen molar-refractivity contribution in [1.82, 2.24) is 0 Å². The number of sulfonamides is 1. The van der Waals surface area contributed by atoms with E-state index in [4.69, 9.17) is 5.14 Å². The molecule has 0 aromatic heterocycles. The summed E-state index contributed by atoms with van der Waals surface area (Å²) in [6.07, 6.45) is 0. The number of hydrogen-bond acceptors (Lipinski definition) is 5. The Morgan fingerprint density at radius 1 is 1.08 bits per heavy atom. The van der Waals surface area contributed by atoms with E-state index < -0.39 is 31.6 Å². The molecule has 0 aliphatic carbocycles. The van der Waals surface area contributed by atoms with Gasteiger partial charge in [-0.15, -0.1) is 0 Å². The van der Waals surface area contributed by atoms with Crippen LogP contribution in [-0.4, -0.2) is 33.5 Å². The molecule has 9 nitrogen and oxygen atoms in total. The number of nitrogens with two attached hydrogens (primary N) is 1. The SMILES string of the molecule is Cc1ccc(N(C)C(=O)N(C)c2ccc(S(N)(=O)=O)cc2[N+](=O)[O-])cc1. The van der Waals surface area contributed by atoms with Crippen molar-refractivity contribution in [2.24, 2.45) is 5.14 Å². The lowest BCUT2D eigenvalue weighted by atomic mass is 10.2. The van der Waals surface area contributed by atoms with Crippen LogP contribution in [0.1, 0.15) is 5.56 Å². The van der Waals surface area contributed by atoms with Gasteiger partial charge >= 0.3 is 6.03 Å². The van der Waals surface area contributed by atoms with Crippen molar-refractivity contribution in [3.63, 3.8) is 0 Å². The maximum atomic E-state index is 12.7. The number of nitro groups is 1. The van der Waals surface area contributed by atoms with Crippen molar-refractivity contribution >= 4 is 33.1 Å². The first-order valence-corrected chi connectivity index (χ1v) is 8.96. The summed E-state index contributed by atoms with van der Waals surface area (Å²) in [4.78, 5) is 25.2. The van der Waals surface area contributed by atoms with Crippen LogP contribution >= 0.6 is 0 Å². The fraction of sp³-hybridized carbons (Fsp3) is 0.188. The number of benzene rings is 2. The second kappa shape index (κ2) is 7.10. The van der Waals surface area contributed by atoms with E-state index in [1.54, 1.807) is 12.1 Å². The second-order valence-electron chi connectivity index (χ2n) is 5.69. The van der Waals surface area contributed by atoms with Gasteiger partial charge in [-0.1, -0.05) is 17.7 Å². The number of urea groups is 1. The molecule has 0 bridgehead atoms. The van der Waals surface area contributed by atoms with Crippen LogP contribution in [0.15, 0.2) is 47.4 Å². The molecule has 0 atom stereocenters. The number of carbonyl (C=O) groups excluding carboxylic acids is 1. The standard InChI is InChI=1S/C16H18N4O5S/c1-11-4-6-12(7-5-11)18(2)16(21)19(3)14-9-8-13(26(17,24)25)10-15(14)20(22)23/h4-10H,1-3H3,(H2,17,24,25). The normalized spacial score (nSPS) is 11.1. The van der Waals surface area contributed by atoms with Crippen molar-refractivity contribution in [1.29, 1.82) is 0 Å². The van der Waals surface area contributed by atoms with Gasteiger partial charge < -0.3 is 0 Å². The summed E-state index contributed by atoms with van der Waals surface area (Å²) >= 11 is 0. The molecule has 0 saturated heterocycles. The van der Waals surface area contributed by atoms with Gasteiger partial charge in [-0.3, -0.25) is 19.9 Å². The topological polar surface area (TPSA) is 127 Å². The number of rotatable bonds is 4. The number of carbonyl (C=O) groups is 1.